The van der Waals surface area contributed by atoms with Crippen LogP contribution in [0.3, 0.4) is 0 Å². The van der Waals surface area contributed by atoms with E-state index in [0.717, 1.165) is 22.6 Å². The highest BCUT2D eigenvalue weighted by Gasteiger charge is 2.21. The topological polar surface area (TPSA) is 67.9 Å². The summed E-state index contributed by atoms with van der Waals surface area (Å²) in [7, 11) is 1.71. The van der Waals surface area contributed by atoms with E-state index in [4.69, 9.17) is 21.1 Å². The third-order valence-corrected chi connectivity index (χ3v) is 7.35. The van der Waals surface area contributed by atoms with Crippen LogP contribution in [0.15, 0.2) is 58.8 Å². The summed E-state index contributed by atoms with van der Waals surface area (Å²) in [5.74, 6) is 1.29. The highest BCUT2D eigenvalue weighted by atomic mass is 35.5. The van der Waals surface area contributed by atoms with Gasteiger partial charge in [-0.2, -0.15) is 0 Å². The number of hydrogen-bond donors (Lipinski definition) is 1. The van der Waals surface area contributed by atoms with Crippen LogP contribution < -0.4 is 19.1 Å². The van der Waals surface area contributed by atoms with Gasteiger partial charge in [0.15, 0.2) is 0 Å². The van der Waals surface area contributed by atoms with Gasteiger partial charge in [0.05, 0.1) is 12.1 Å². The molecule has 0 radical (unpaired) electrons. The van der Waals surface area contributed by atoms with Crippen molar-refractivity contribution >= 4 is 38.6 Å². The van der Waals surface area contributed by atoms with Crippen molar-refractivity contribution in [3.8, 4) is 16.6 Å². The second-order valence-electron chi connectivity index (χ2n) is 6.37. The van der Waals surface area contributed by atoms with Crippen molar-refractivity contribution in [1.82, 2.24) is 4.72 Å². The molecule has 1 aromatic heterocycles. The van der Waals surface area contributed by atoms with Gasteiger partial charge in [0.2, 0.25) is 5.06 Å². The number of hydrogen-bond acceptors (Lipinski definition) is 6. The van der Waals surface area contributed by atoms with E-state index in [0.29, 0.717) is 16.6 Å². The molecule has 2 aromatic carbocycles. The van der Waals surface area contributed by atoms with Gasteiger partial charge >= 0.3 is 0 Å². The molecule has 1 N–H and O–H groups in total. The van der Waals surface area contributed by atoms with Crippen molar-refractivity contribution in [3.63, 3.8) is 0 Å². The number of anilines is 1. The Morgan fingerprint density at radius 2 is 1.79 bits per heavy atom. The third kappa shape index (κ3) is 5.42. The van der Waals surface area contributed by atoms with Crippen molar-refractivity contribution in [1.29, 1.82) is 0 Å². The number of nitrogens with one attached hydrogen (secondary N) is 1. The van der Waals surface area contributed by atoms with Crippen molar-refractivity contribution < 1.29 is 17.9 Å². The Morgan fingerprint density at radius 3 is 2.45 bits per heavy atom. The molecule has 0 unspecified atom stereocenters. The number of benzene rings is 2. The summed E-state index contributed by atoms with van der Waals surface area (Å²) in [6.07, 6.45) is 0. The molecule has 0 saturated carbocycles. The van der Waals surface area contributed by atoms with E-state index in [1.54, 1.807) is 37.4 Å². The van der Waals surface area contributed by atoms with Crippen LogP contribution in [-0.2, 0) is 16.6 Å². The highest BCUT2D eigenvalue weighted by molar-refractivity contribution is 7.91. The number of sulfonamides is 1. The zero-order valence-corrected chi connectivity index (χ0v) is 18.6. The summed E-state index contributed by atoms with van der Waals surface area (Å²) >= 11 is 7.20. The van der Waals surface area contributed by atoms with Crippen LogP contribution in [0.25, 0.3) is 0 Å². The van der Waals surface area contributed by atoms with Gasteiger partial charge in [0, 0.05) is 32.4 Å². The summed E-state index contributed by atoms with van der Waals surface area (Å²) in [6.45, 7) is 0.156. The van der Waals surface area contributed by atoms with Crippen LogP contribution >= 0.6 is 22.9 Å². The fraction of sp³-hybridized carbons (Fsp3) is 0.200. The second-order valence-corrected chi connectivity index (χ2v) is 9.78. The van der Waals surface area contributed by atoms with Gasteiger partial charge in [-0.1, -0.05) is 41.1 Å². The van der Waals surface area contributed by atoms with Crippen molar-refractivity contribution in [2.24, 2.45) is 0 Å². The largest absolute Gasteiger partial charge is 0.497 e. The molecule has 0 amide bonds. The maximum Gasteiger partial charge on any atom is 0.250 e. The normalized spacial score (nSPS) is 11.3. The first kappa shape index (κ1) is 21.4. The lowest BCUT2D eigenvalue weighted by Gasteiger charge is -2.13. The molecule has 3 aromatic rings. The van der Waals surface area contributed by atoms with Crippen LogP contribution in [0, 0.1) is 0 Å². The minimum absolute atomic E-state index is 0.0924. The fourth-order valence-electron chi connectivity index (χ4n) is 2.46. The molecule has 0 aliphatic heterocycles. The minimum atomic E-state index is -3.73. The third-order valence-electron chi connectivity index (χ3n) is 4.07. The minimum Gasteiger partial charge on any atom is -0.497 e. The number of halogens is 1. The van der Waals surface area contributed by atoms with E-state index < -0.39 is 10.0 Å². The Hall–Kier alpha value is -2.26. The molecule has 0 atom stereocenters. The lowest BCUT2D eigenvalue weighted by atomic mass is 10.2. The van der Waals surface area contributed by atoms with E-state index in [-0.39, 0.29) is 15.8 Å². The number of thiophene rings is 1. The molecule has 0 fully saturated rings. The first-order valence-corrected chi connectivity index (χ1v) is 11.3. The second kappa shape index (κ2) is 9.04. The van der Waals surface area contributed by atoms with Gasteiger partial charge in [0.1, 0.15) is 15.7 Å². The van der Waals surface area contributed by atoms with E-state index in [9.17, 15) is 8.42 Å². The Bertz CT molecular complexity index is 1080. The van der Waals surface area contributed by atoms with Crippen molar-refractivity contribution in [3.05, 3.63) is 65.2 Å². The highest BCUT2D eigenvalue weighted by Crippen LogP contribution is 2.40. The van der Waals surface area contributed by atoms with Crippen LogP contribution in [0.2, 0.25) is 5.02 Å². The number of rotatable bonds is 8. The van der Waals surface area contributed by atoms with Crippen LogP contribution in [0.1, 0.15) is 5.56 Å². The zero-order chi connectivity index (χ0) is 21.0. The summed E-state index contributed by atoms with van der Waals surface area (Å²) in [6, 6.07) is 16.0. The molecular formula is C20H21ClN2O4S2. The molecule has 1 heterocycles. The predicted octanol–water partition coefficient (Wildman–Crippen LogP) is 4.75. The summed E-state index contributed by atoms with van der Waals surface area (Å²) in [5.41, 5.74) is 1.78. The Morgan fingerprint density at radius 1 is 1.07 bits per heavy atom. The Labute approximate surface area is 179 Å². The number of ether oxygens (including phenoxy) is 2. The average molecular weight is 453 g/mol. The molecule has 0 aliphatic carbocycles. The van der Waals surface area contributed by atoms with Gasteiger partial charge in [-0.15, -0.1) is 0 Å². The SMILES string of the molecule is COc1ccc(CNS(=O)(=O)c2cc(Cl)c(Oc3cccc(N(C)C)c3)s2)cc1. The quantitative estimate of drug-likeness (QED) is 0.534. The maximum atomic E-state index is 12.6. The molecular weight excluding hydrogens is 432 g/mol. The maximum absolute atomic E-state index is 12.6. The molecule has 3 rings (SSSR count). The first-order valence-electron chi connectivity index (χ1n) is 8.65. The molecule has 154 valence electrons. The number of methoxy groups -OCH3 is 1. The fourth-order valence-corrected chi connectivity index (χ4v) is 5.12. The smallest absolute Gasteiger partial charge is 0.250 e. The molecule has 0 saturated heterocycles. The lowest BCUT2D eigenvalue weighted by molar-refractivity contribution is 0.414. The van der Waals surface area contributed by atoms with E-state index in [1.165, 1.54) is 6.07 Å². The van der Waals surface area contributed by atoms with Gasteiger partial charge in [-0.05, 0) is 35.9 Å². The lowest BCUT2D eigenvalue weighted by Crippen LogP contribution is -2.22. The van der Waals surface area contributed by atoms with Crippen LogP contribution in [0.4, 0.5) is 5.69 Å². The monoisotopic (exact) mass is 452 g/mol. The summed E-state index contributed by atoms with van der Waals surface area (Å²) in [4.78, 5) is 1.95. The van der Waals surface area contributed by atoms with Crippen LogP contribution in [-0.4, -0.2) is 29.6 Å². The van der Waals surface area contributed by atoms with Crippen molar-refractivity contribution in [2.75, 3.05) is 26.1 Å². The molecule has 0 aliphatic rings. The van der Waals surface area contributed by atoms with E-state index in [1.807, 2.05) is 37.2 Å². The average Bonchev–Trinajstić information content (AvgIpc) is 3.08. The van der Waals surface area contributed by atoms with Crippen molar-refractivity contribution in [2.45, 2.75) is 10.8 Å². The van der Waals surface area contributed by atoms with Crippen LogP contribution in [0.5, 0.6) is 16.6 Å². The predicted molar refractivity (Wildman–Crippen MR) is 117 cm³/mol. The van der Waals surface area contributed by atoms with E-state index >= 15 is 0 Å². The molecule has 0 bridgehead atoms. The first-order chi connectivity index (χ1) is 13.8. The Balaban J connectivity index is 1.73. The Kier molecular flexibility index (Phi) is 6.69. The zero-order valence-electron chi connectivity index (χ0n) is 16.2. The summed E-state index contributed by atoms with van der Waals surface area (Å²) in [5, 5.41) is 0.572. The summed E-state index contributed by atoms with van der Waals surface area (Å²) < 4.78 is 38.9. The standard InChI is InChI=1S/C20H21ClN2O4S2/c1-23(2)15-5-4-6-17(11-15)27-20-18(21)12-19(28-20)29(24,25)22-13-14-7-9-16(26-3)10-8-14/h4-12,22H,13H2,1-3H3. The molecule has 6 nitrogen and oxygen atoms in total. The van der Waals surface area contributed by atoms with Gasteiger partial charge in [-0.3, -0.25) is 0 Å². The number of nitrogens with zero attached hydrogens (tertiary/aromatic N) is 1. The van der Waals surface area contributed by atoms with E-state index in [2.05, 4.69) is 4.72 Å². The molecule has 0 spiro atoms. The molecule has 9 heteroatoms. The molecule has 29 heavy (non-hydrogen) atoms. The van der Waals surface area contributed by atoms with Gasteiger partial charge in [-0.25, -0.2) is 13.1 Å². The van der Waals surface area contributed by atoms with Gasteiger partial charge in [0.25, 0.3) is 10.0 Å². The van der Waals surface area contributed by atoms with Gasteiger partial charge < -0.3 is 14.4 Å².